The Kier molecular flexibility index (Phi) is 4.05. The summed E-state index contributed by atoms with van der Waals surface area (Å²) in [7, 11) is 1.69. The summed E-state index contributed by atoms with van der Waals surface area (Å²) < 4.78 is 40.7. The van der Waals surface area contributed by atoms with Crippen molar-refractivity contribution in [1.82, 2.24) is 14.7 Å². The second kappa shape index (κ2) is 5.78. The number of likely N-dealkylation sites (tertiary alicyclic amines) is 1. The molecule has 9 heteroatoms. The van der Waals surface area contributed by atoms with Gasteiger partial charge in [-0.1, -0.05) is 0 Å². The minimum absolute atomic E-state index is 0.0753. The maximum atomic E-state index is 13.0. The van der Waals surface area contributed by atoms with Crippen LogP contribution in [-0.4, -0.2) is 50.9 Å². The molecule has 2 aliphatic rings. The van der Waals surface area contributed by atoms with E-state index < -0.39 is 42.9 Å². The van der Waals surface area contributed by atoms with Crippen molar-refractivity contribution in [1.29, 1.82) is 0 Å². The maximum absolute atomic E-state index is 13.0. The molecule has 24 heavy (non-hydrogen) atoms. The molecule has 3 rings (SSSR count). The van der Waals surface area contributed by atoms with E-state index in [2.05, 4.69) is 5.10 Å². The van der Waals surface area contributed by atoms with E-state index in [1.165, 1.54) is 0 Å². The molecule has 2 atom stereocenters. The van der Waals surface area contributed by atoms with E-state index in [4.69, 9.17) is 5.11 Å². The Bertz CT molecular complexity index is 667. The molecular weight excluding hydrogens is 327 g/mol. The Morgan fingerprint density at radius 3 is 2.50 bits per heavy atom. The molecule has 1 aliphatic heterocycles. The average molecular weight is 345 g/mol. The number of rotatable bonds is 3. The SMILES string of the molecule is Cn1nc(C(=O)N2C[C@H](C(=O)O)C[C@H](C(F)(F)F)C2)cc1C1CC1. The number of carbonyl (C=O) groups excluding carboxylic acids is 1. The minimum atomic E-state index is -4.53. The van der Waals surface area contributed by atoms with Crippen molar-refractivity contribution < 1.29 is 27.9 Å². The second-order valence-corrected chi connectivity index (χ2v) is 6.57. The van der Waals surface area contributed by atoms with Crippen LogP contribution in [0.1, 0.15) is 41.4 Å². The number of carboxylic acid groups (broad SMARTS) is 1. The van der Waals surface area contributed by atoms with Gasteiger partial charge in [0.05, 0.1) is 11.8 Å². The molecule has 132 valence electrons. The lowest BCUT2D eigenvalue weighted by Gasteiger charge is -2.36. The first-order valence-corrected chi connectivity index (χ1v) is 7.79. The van der Waals surface area contributed by atoms with E-state index in [1.54, 1.807) is 17.8 Å². The van der Waals surface area contributed by atoms with Crippen LogP contribution in [0.2, 0.25) is 0 Å². The summed E-state index contributed by atoms with van der Waals surface area (Å²) in [5, 5.41) is 13.2. The van der Waals surface area contributed by atoms with Crippen LogP contribution in [0.5, 0.6) is 0 Å². The molecule has 6 nitrogen and oxygen atoms in total. The fourth-order valence-corrected chi connectivity index (χ4v) is 3.19. The van der Waals surface area contributed by atoms with Crippen LogP contribution in [0, 0.1) is 11.8 Å². The van der Waals surface area contributed by atoms with Gasteiger partial charge in [0.15, 0.2) is 5.69 Å². The molecule has 0 aromatic carbocycles. The zero-order valence-corrected chi connectivity index (χ0v) is 13.1. The van der Waals surface area contributed by atoms with Gasteiger partial charge in [0.2, 0.25) is 0 Å². The zero-order valence-electron chi connectivity index (χ0n) is 13.1. The summed E-state index contributed by atoms with van der Waals surface area (Å²) >= 11 is 0. The summed E-state index contributed by atoms with van der Waals surface area (Å²) in [5.41, 5.74) is 0.962. The molecule has 1 amide bonds. The standard InChI is InChI=1S/C15H18F3N3O3/c1-20-12(8-2-3-8)5-11(19-20)13(22)21-6-9(14(23)24)4-10(7-21)15(16,17)18/h5,8-10H,2-4,6-7H2,1H3,(H,23,24)/t9-,10+/m1/s1. The van der Waals surface area contributed by atoms with Gasteiger partial charge < -0.3 is 10.0 Å². The number of hydrogen-bond acceptors (Lipinski definition) is 3. The topological polar surface area (TPSA) is 75.4 Å². The third kappa shape index (κ3) is 3.25. The van der Waals surface area contributed by atoms with Crippen LogP contribution < -0.4 is 0 Å². The summed E-state index contributed by atoms with van der Waals surface area (Å²) in [5.74, 6) is -4.66. The lowest BCUT2D eigenvalue weighted by Crippen LogP contribution is -2.50. The van der Waals surface area contributed by atoms with Crippen molar-refractivity contribution in [3.8, 4) is 0 Å². The van der Waals surface area contributed by atoms with Crippen molar-refractivity contribution in [2.75, 3.05) is 13.1 Å². The van der Waals surface area contributed by atoms with Crippen LogP contribution in [0.4, 0.5) is 13.2 Å². The molecule has 2 fully saturated rings. The van der Waals surface area contributed by atoms with Gasteiger partial charge in [-0.2, -0.15) is 18.3 Å². The first kappa shape index (κ1) is 16.8. The number of carbonyl (C=O) groups is 2. The van der Waals surface area contributed by atoms with Crippen molar-refractivity contribution >= 4 is 11.9 Å². The second-order valence-electron chi connectivity index (χ2n) is 6.57. The first-order valence-electron chi connectivity index (χ1n) is 7.79. The third-order valence-electron chi connectivity index (χ3n) is 4.68. The molecule has 1 aromatic rings. The van der Waals surface area contributed by atoms with Gasteiger partial charge in [-0.05, 0) is 25.3 Å². The lowest BCUT2D eigenvalue weighted by molar-refractivity contribution is -0.191. The molecule has 1 N–H and O–H groups in total. The van der Waals surface area contributed by atoms with Gasteiger partial charge in [0.1, 0.15) is 0 Å². The van der Waals surface area contributed by atoms with Crippen LogP contribution in [0.15, 0.2) is 6.07 Å². The summed E-state index contributed by atoms with van der Waals surface area (Å²) in [6.45, 7) is -0.752. The molecule has 0 unspecified atom stereocenters. The highest BCUT2D eigenvalue weighted by Crippen LogP contribution is 2.40. The fraction of sp³-hybridized carbons (Fsp3) is 0.667. The van der Waals surface area contributed by atoms with Gasteiger partial charge in [0.25, 0.3) is 5.91 Å². The van der Waals surface area contributed by atoms with E-state index in [1.807, 2.05) is 0 Å². The largest absolute Gasteiger partial charge is 0.481 e. The molecule has 1 saturated heterocycles. The monoisotopic (exact) mass is 345 g/mol. The smallest absolute Gasteiger partial charge is 0.393 e. The van der Waals surface area contributed by atoms with Crippen LogP contribution in [0.3, 0.4) is 0 Å². The number of aromatic nitrogens is 2. The maximum Gasteiger partial charge on any atom is 0.393 e. The predicted octanol–water partition coefficient (Wildman–Crippen LogP) is 2.02. The van der Waals surface area contributed by atoms with Crippen molar-refractivity contribution in [2.45, 2.75) is 31.4 Å². The molecule has 1 aromatic heterocycles. The Balaban J connectivity index is 1.81. The highest BCUT2D eigenvalue weighted by Gasteiger charge is 2.47. The quantitative estimate of drug-likeness (QED) is 0.909. The highest BCUT2D eigenvalue weighted by molar-refractivity contribution is 5.93. The fourth-order valence-electron chi connectivity index (χ4n) is 3.19. The van der Waals surface area contributed by atoms with Gasteiger partial charge >= 0.3 is 12.1 Å². The summed E-state index contributed by atoms with van der Waals surface area (Å²) in [4.78, 5) is 24.7. The minimum Gasteiger partial charge on any atom is -0.481 e. The average Bonchev–Trinajstić information content (AvgIpc) is 3.27. The van der Waals surface area contributed by atoms with Crippen molar-refractivity contribution in [2.24, 2.45) is 18.9 Å². The van der Waals surface area contributed by atoms with Crippen molar-refractivity contribution in [3.05, 3.63) is 17.5 Å². The Morgan fingerprint density at radius 1 is 1.29 bits per heavy atom. The Hall–Kier alpha value is -2.06. The third-order valence-corrected chi connectivity index (χ3v) is 4.68. The first-order chi connectivity index (χ1) is 11.2. The van der Waals surface area contributed by atoms with Crippen LogP contribution in [0.25, 0.3) is 0 Å². The number of amides is 1. The molecule has 2 heterocycles. The number of aryl methyl sites for hydroxylation is 1. The number of nitrogens with zero attached hydrogens (tertiary/aromatic N) is 3. The molecule has 1 saturated carbocycles. The molecular formula is C15H18F3N3O3. The molecule has 0 spiro atoms. The normalized spacial score (nSPS) is 24.9. The van der Waals surface area contributed by atoms with Gasteiger partial charge in [0, 0.05) is 31.7 Å². The number of alkyl halides is 3. The van der Waals surface area contributed by atoms with Crippen molar-refractivity contribution in [3.63, 3.8) is 0 Å². The summed E-state index contributed by atoms with van der Waals surface area (Å²) in [6.07, 6.45) is -3.02. The van der Waals surface area contributed by atoms with Crippen LogP contribution >= 0.6 is 0 Å². The van der Waals surface area contributed by atoms with E-state index in [0.717, 1.165) is 23.4 Å². The highest BCUT2D eigenvalue weighted by atomic mass is 19.4. The van der Waals surface area contributed by atoms with Crippen LogP contribution in [-0.2, 0) is 11.8 Å². The number of piperidine rings is 1. The number of aliphatic carboxylic acids is 1. The molecule has 1 aliphatic carbocycles. The number of hydrogen-bond donors (Lipinski definition) is 1. The molecule has 0 radical (unpaired) electrons. The van der Waals surface area contributed by atoms with E-state index in [0.29, 0.717) is 5.92 Å². The van der Waals surface area contributed by atoms with E-state index in [9.17, 15) is 22.8 Å². The van der Waals surface area contributed by atoms with E-state index >= 15 is 0 Å². The van der Waals surface area contributed by atoms with E-state index in [-0.39, 0.29) is 12.2 Å². The van der Waals surface area contributed by atoms with Gasteiger partial charge in [-0.3, -0.25) is 14.3 Å². The lowest BCUT2D eigenvalue weighted by atomic mass is 9.88. The predicted molar refractivity (Wildman–Crippen MR) is 76.4 cm³/mol. The number of carboxylic acids is 1. The number of halogens is 3. The Labute approximate surface area is 136 Å². The van der Waals surface area contributed by atoms with Gasteiger partial charge in [-0.15, -0.1) is 0 Å². The Morgan fingerprint density at radius 2 is 1.96 bits per heavy atom. The summed E-state index contributed by atoms with van der Waals surface area (Å²) in [6, 6.07) is 1.60. The zero-order chi connectivity index (χ0) is 17.6. The molecule has 0 bridgehead atoms. The van der Waals surface area contributed by atoms with Gasteiger partial charge in [-0.25, -0.2) is 0 Å².